The molecule has 0 aromatic heterocycles. The zero-order chi connectivity index (χ0) is 14.0. The van der Waals surface area contributed by atoms with Crippen LogP contribution in [0.15, 0.2) is 36.4 Å². The van der Waals surface area contributed by atoms with Gasteiger partial charge in [0, 0.05) is 18.3 Å². The smallest absolute Gasteiger partial charge is 0.150 e. The number of anilines is 2. The summed E-state index contributed by atoms with van der Waals surface area (Å²) < 4.78 is 40.4. The van der Waals surface area contributed by atoms with E-state index in [9.17, 15) is 18.0 Å². The molecule has 0 atom stereocenters. The molecule has 0 aliphatic carbocycles. The van der Waals surface area contributed by atoms with Gasteiger partial charge in [-0.3, -0.25) is 4.79 Å². The van der Waals surface area contributed by atoms with Crippen molar-refractivity contribution < 1.29 is 18.0 Å². The van der Waals surface area contributed by atoms with E-state index in [1.165, 1.54) is 36.2 Å². The molecule has 2 rings (SSSR count). The second kappa shape index (κ2) is 5.14. The summed E-state index contributed by atoms with van der Waals surface area (Å²) in [5.41, 5.74) is 0.0570. The average molecular weight is 265 g/mol. The third kappa shape index (κ3) is 2.59. The van der Waals surface area contributed by atoms with E-state index in [0.29, 0.717) is 12.0 Å². The minimum absolute atomic E-state index is 0.0775. The van der Waals surface area contributed by atoms with E-state index in [0.717, 1.165) is 12.1 Å². The van der Waals surface area contributed by atoms with E-state index in [1.807, 2.05) is 0 Å². The molecule has 0 N–H and O–H groups in total. The van der Waals surface area contributed by atoms with Crippen LogP contribution in [0.3, 0.4) is 0 Å². The van der Waals surface area contributed by atoms with Crippen LogP contribution in [0.25, 0.3) is 0 Å². The van der Waals surface area contributed by atoms with Gasteiger partial charge in [0.2, 0.25) is 0 Å². The Morgan fingerprint density at radius 2 is 1.53 bits per heavy atom. The molecule has 0 aliphatic rings. The molecule has 0 fully saturated rings. The quantitative estimate of drug-likeness (QED) is 0.789. The van der Waals surface area contributed by atoms with Crippen LogP contribution in [0.5, 0.6) is 0 Å². The maximum Gasteiger partial charge on any atom is 0.150 e. The lowest BCUT2D eigenvalue weighted by Crippen LogP contribution is -2.13. The zero-order valence-electron chi connectivity index (χ0n) is 10.0. The summed E-state index contributed by atoms with van der Waals surface area (Å²) in [4.78, 5) is 11.8. The van der Waals surface area contributed by atoms with Gasteiger partial charge in [-0.25, -0.2) is 13.2 Å². The van der Waals surface area contributed by atoms with Crippen molar-refractivity contribution in [2.45, 2.75) is 0 Å². The fourth-order valence-corrected chi connectivity index (χ4v) is 1.77. The zero-order valence-corrected chi connectivity index (χ0v) is 10.0. The molecule has 0 saturated carbocycles. The number of aldehydes is 1. The summed E-state index contributed by atoms with van der Waals surface area (Å²) in [5, 5.41) is 0. The van der Waals surface area contributed by atoms with Gasteiger partial charge in [-0.2, -0.15) is 0 Å². The van der Waals surface area contributed by atoms with E-state index in [2.05, 4.69) is 0 Å². The first-order chi connectivity index (χ1) is 9.02. The number of hydrogen-bond acceptors (Lipinski definition) is 2. The number of carbonyl (C=O) groups is 1. The van der Waals surface area contributed by atoms with Gasteiger partial charge >= 0.3 is 0 Å². The van der Waals surface area contributed by atoms with E-state index < -0.39 is 17.5 Å². The van der Waals surface area contributed by atoms with Crippen molar-refractivity contribution in [1.29, 1.82) is 0 Å². The molecule has 0 bridgehead atoms. The average Bonchev–Trinajstić information content (AvgIpc) is 2.38. The molecule has 0 aliphatic heterocycles. The summed E-state index contributed by atoms with van der Waals surface area (Å²) in [6, 6.07) is 7.10. The predicted octanol–water partition coefficient (Wildman–Crippen LogP) is 3.68. The van der Waals surface area contributed by atoms with Crippen LogP contribution in [-0.4, -0.2) is 13.3 Å². The number of halogens is 3. The Morgan fingerprint density at radius 1 is 1.00 bits per heavy atom. The van der Waals surface area contributed by atoms with Crippen LogP contribution in [0.1, 0.15) is 10.4 Å². The molecule has 5 heteroatoms. The lowest BCUT2D eigenvalue weighted by Gasteiger charge is -2.20. The first kappa shape index (κ1) is 13.1. The highest BCUT2D eigenvalue weighted by Gasteiger charge is 2.16. The Bertz CT molecular complexity index is 588. The number of carbonyl (C=O) groups excluding carboxylic acids is 1. The molecule has 0 saturated heterocycles. The summed E-state index contributed by atoms with van der Waals surface area (Å²) >= 11 is 0. The lowest BCUT2D eigenvalue weighted by molar-refractivity contribution is 0.112. The molecule has 0 heterocycles. The van der Waals surface area contributed by atoms with Crippen LogP contribution in [-0.2, 0) is 0 Å². The maximum atomic E-state index is 13.8. The highest BCUT2D eigenvalue weighted by Crippen LogP contribution is 2.29. The normalized spacial score (nSPS) is 10.3. The fourth-order valence-electron chi connectivity index (χ4n) is 1.77. The number of nitrogens with zero attached hydrogens (tertiary/aromatic N) is 1. The molecule has 2 nitrogen and oxygen atoms in total. The van der Waals surface area contributed by atoms with E-state index in [4.69, 9.17) is 0 Å². The van der Waals surface area contributed by atoms with Gasteiger partial charge in [-0.05, 0) is 36.4 Å². The number of hydrogen-bond donors (Lipinski definition) is 0. The molecular formula is C14H10F3NO. The second-order valence-electron chi connectivity index (χ2n) is 3.99. The molecule has 2 aromatic rings. The maximum absolute atomic E-state index is 13.8. The molecular weight excluding hydrogens is 255 g/mol. The van der Waals surface area contributed by atoms with Gasteiger partial charge < -0.3 is 4.90 Å². The van der Waals surface area contributed by atoms with Crippen LogP contribution in [0, 0.1) is 17.5 Å². The summed E-state index contributed by atoms with van der Waals surface area (Å²) in [7, 11) is 1.45. The van der Waals surface area contributed by atoms with Crippen LogP contribution in [0.2, 0.25) is 0 Å². The summed E-state index contributed by atoms with van der Waals surface area (Å²) in [5.74, 6) is -2.14. The van der Waals surface area contributed by atoms with Crippen molar-refractivity contribution >= 4 is 17.7 Å². The highest BCUT2D eigenvalue weighted by molar-refractivity contribution is 5.77. The highest BCUT2D eigenvalue weighted by atomic mass is 19.1. The molecule has 0 radical (unpaired) electrons. The lowest BCUT2D eigenvalue weighted by atomic mass is 10.1. The monoisotopic (exact) mass is 265 g/mol. The van der Waals surface area contributed by atoms with Crippen LogP contribution >= 0.6 is 0 Å². The first-order valence-corrected chi connectivity index (χ1v) is 5.46. The van der Waals surface area contributed by atoms with Gasteiger partial charge in [-0.1, -0.05) is 0 Å². The van der Waals surface area contributed by atoms with Crippen molar-refractivity contribution in [3.8, 4) is 0 Å². The van der Waals surface area contributed by atoms with Crippen molar-refractivity contribution in [3.05, 3.63) is 59.4 Å². The van der Waals surface area contributed by atoms with Gasteiger partial charge in [0.1, 0.15) is 17.8 Å². The summed E-state index contributed by atoms with van der Waals surface area (Å²) in [6.45, 7) is 0. The fraction of sp³-hybridized carbons (Fsp3) is 0.0714. The minimum atomic E-state index is -0.853. The molecule has 2 aromatic carbocycles. The Kier molecular flexibility index (Phi) is 3.55. The summed E-state index contributed by atoms with van der Waals surface area (Å²) in [6.07, 6.45) is 0.369. The molecule has 0 amide bonds. The van der Waals surface area contributed by atoms with Gasteiger partial charge in [0.25, 0.3) is 0 Å². The number of benzene rings is 2. The largest absolute Gasteiger partial charge is 0.340 e. The third-order valence-electron chi connectivity index (χ3n) is 2.72. The van der Waals surface area contributed by atoms with Crippen molar-refractivity contribution in [3.63, 3.8) is 0 Å². The van der Waals surface area contributed by atoms with Crippen molar-refractivity contribution in [2.75, 3.05) is 11.9 Å². The van der Waals surface area contributed by atoms with Crippen LogP contribution in [0.4, 0.5) is 24.5 Å². The van der Waals surface area contributed by atoms with Gasteiger partial charge in [0.05, 0.1) is 0 Å². The van der Waals surface area contributed by atoms with Gasteiger partial charge in [0.15, 0.2) is 11.6 Å². The van der Waals surface area contributed by atoms with Gasteiger partial charge in [-0.15, -0.1) is 0 Å². The van der Waals surface area contributed by atoms with E-state index in [1.54, 1.807) is 0 Å². The predicted molar refractivity (Wildman–Crippen MR) is 66.2 cm³/mol. The molecule has 0 unspecified atom stereocenters. The molecule has 98 valence electrons. The van der Waals surface area contributed by atoms with E-state index in [-0.39, 0.29) is 11.3 Å². The van der Waals surface area contributed by atoms with E-state index >= 15 is 0 Å². The Hall–Kier alpha value is -2.30. The SMILES string of the molecule is CN(c1ccc(F)cc1)c1c(F)cc(C=O)cc1F. The Balaban J connectivity index is 2.46. The standard InChI is InChI=1S/C14H10F3NO/c1-18(11-4-2-10(15)3-5-11)14-12(16)6-9(8-19)7-13(14)17/h2-8H,1H3. The topological polar surface area (TPSA) is 20.3 Å². The third-order valence-corrected chi connectivity index (χ3v) is 2.72. The first-order valence-electron chi connectivity index (χ1n) is 5.46. The Labute approximate surface area is 108 Å². The van der Waals surface area contributed by atoms with Crippen molar-refractivity contribution in [1.82, 2.24) is 0 Å². The number of rotatable bonds is 3. The molecule has 19 heavy (non-hydrogen) atoms. The second-order valence-corrected chi connectivity index (χ2v) is 3.99. The van der Waals surface area contributed by atoms with Crippen LogP contribution < -0.4 is 4.90 Å². The molecule has 0 spiro atoms. The minimum Gasteiger partial charge on any atom is -0.340 e. The van der Waals surface area contributed by atoms with Crippen molar-refractivity contribution in [2.24, 2.45) is 0 Å². The Morgan fingerprint density at radius 3 is 2.00 bits per heavy atom.